The molecule has 0 saturated heterocycles. The lowest BCUT2D eigenvalue weighted by atomic mass is 10.3. The van der Waals surface area contributed by atoms with E-state index in [0.29, 0.717) is 11.4 Å². The van der Waals surface area contributed by atoms with Crippen molar-refractivity contribution < 1.29 is 4.79 Å². The van der Waals surface area contributed by atoms with Crippen molar-refractivity contribution in [1.29, 1.82) is 0 Å². The van der Waals surface area contributed by atoms with Crippen molar-refractivity contribution in [3.8, 4) is 0 Å². The molecule has 84 valence electrons. The highest BCUT2D eigenvalue weighted by Crippen LogP contribution is 2.10. The smallest absolute Gasteiger partial charge is 0.267 e. The third-order valence-electron chi connectivity index (χ3n) is 2.31. The van der Waals surface area contributed by atoms with E-state index >= 15 is 0 Å². The van der Waals surface area contributed by atoms with Gasteiger partial charge in [-0.25, -0.2) is 0 Å². The number of anilines is 1. The molecule has 1 amide bonds. The molecule has 3 N–H and O–H groups in total. The minimum atomic E-state index is -0.0398. The number of hydrogen-bond donors (Lipinski definition) is 2. The number of carbonyl (C=O) groups excluding carboxylic acids is 1. The molecule has 0 radical (unpaired) electrons. The summed E-state index contributed by atoms with van der Waals surface area (Å²) in [6.07, 6.45) is 3.87. The van der Waals surface area contributed by atoms with Gasteiger partial charge in [-0.15, -0.1) is 0 Å². The zero-order valence-electron chi connectivity index (χ0n) is 9.42. The third-order valence-corrected chi connectivity index (χ3v) is 2.31. The van der Waals surface area contributed by atoms with Crippen LogP contribution in [0.1, 0.15) is 37.2 Å². The van der Waals surface area contributed by atoms with Crippen LogP contribution in [0.5, 0.6) is 0 Å². The monoisotopic (exact) mass is 209 g/mol. The molecule has 0 unspecified atom stereocenters. The Balaban J connectivity index is 2.64. The van der Waals surface area contributed by atoms with Crippen molar-refractivity contribution in [2.24, 2.45) is 0 Å². The minimum Gasteiger partial charge on any atom is -0.397 e. The number of nitrogens with two attached hydrogens (primary N) is 1. The Morgan fingerprint density at radius 3 is 2.87 bits per heavy atom. The second-order valence-corrected chi connectivity index (χ2v) is 3.55. The van der Waals surface area contributed by atoms with E-state index in [4.69, 9.17) is 5.73 Å². The molecule has 1 rings (SSSR count). The van der Waals surface area contributed by atoms with Crippen LogP contribution in [0.2, 0.25) is 0 Å². The average molecular weight is 209 g/mol. The van der Waals surface area contributed by atoms with Crippen LogP contribution < -0.4 is 11.1 Å². The summed E-state index contributed by atoms with van der Waals surface area (Å²) in [6, 6.07) is 1.71. The fourth-order valence-corrected chi connectivity index (χ4v) is 1.45. The molecule has 1 aromatic heterocycles. The Morgan fingerprint density at radius 1 is 1.53 bits per heavy atom. The SMILES string of the molecule is CCCCNC(=O)c1cc(N)cn1CC. The number of unbranched alkanes of at least 4 members (excludes halogenated alkanes) is 1. The molecule has 0 aliphatic carbocycles. The van der Waals surface area contributed by atoms with E-state index in [1.165, 1.54) is 0 Å². The van der Waals surface area contributed by atoms with Gasteiger partial charge in [-0.1, -0.05) is 13.3 Å². The summed E-state index contributed by atoms with van der Waals surface area (Å²) in [7, 11) is 0. The van der Waals surface area contributed by atoms with E-state index in [-0.39, 0.29) is 5.91 Å². The van der Waals surface area contributed by atoms with Crippen LogP contribution in [-0.4, -0.2) is 17.0 Å². The molecule has 4 nitrogen and oxygen atoms in total. The number of hydrogen-bond acceptors (Lipinski definition) is 2. The largest absolute Gasteiger partial charge is 0.397 e. The van der Waals surface area contributed by atoms with Gasteiger partial charge in [-0.3, -0.25) is 4.79 Å². The fourth-order valence-electron chi connectivity index (χ4n) is 1.45. The van der Waals surface area contributed by atoms with Crippen LogP contribution >= 0.6 is 0 Å². The first-order chi connectivity index (χ1) is 7.19. The van der Waals surface area contributed by atoms with Gasteiger partial charge in [0.25, 0.3) is 5.91 Å². The topological polar surface area (TPSA) is 60.1 Å². The molecule has 1 aromatic rings. The molecule has 0 aliphatic rings. The minimum absolute atomic E-state index is 0.0398. The van der Waals surface area contributed by atoms with E-state index in [1.807, 2.05) is 11.5 Å². The molecule has 1 heterocycles. The Morgan fingerprint density at radius 2 is 2.27 bits per heavy atom. The van der Waals surface area contributed by atoms with Crippen molar-refractivity contribution >= 4 is 11.6 Å². The fraction of sp³-hybridized carbons (Fsp3) is 0.545. The Bertz CT molecular complexity index is 331. The molecule has 0 atom stereocenters. The standard InChI is InChI=1S/C11H19N3O/c1-3-5-6-13-11(15)10-7-9(12)8-14(10)4-2/h7-8H,3-6,12H2,1-2H3,(H,13,15). The second kappa shape index (κ2) is 5.44. The number of nitrogens with one attached hydrogen (secondary N) is 1. The zero-order valence-corrected chi connectivity index (χ0v) is 9.42. The molecule has 0 aromatic carbocycles. The number of nitrogens with zero attached hydrogens (tertiary/aromatic N) is 1. The predicted octanol–water partition coefficient (Wildman–Crippen LogP) is 1.62. The van der Waals surface area contributed by atoms with Gasteiger partial charge in [0.15, 0.2) is 0 Å². The van der Waals surface area contributed by atoms with Crippen molar-refractivity contribution in [2.45, 2.75) is 33.2 Å². The quantitative estimate of drug-likeness (QED) is 0.724. The first-order valence-corrected chi connectivity index (χ1v) is 5.42. The summed E-state index contributed by atoms with van der Waals surface area (Å²) in [5.74, 6) is -0.0398. The summed E-state index contributed by atoms with van der Waals surface area (Å²) in [4.78, 5) is 11.7. The van der Waals surface area contributed by atoms with Crippen LogP contribution in [0.3, 0.4) is 0 Å². The lowest BCUT2D eigenvalue weighted by Gasteiger charge is -2.06. The van der Waals surface area contributed by atoms with E-state index in [9.17, 15) is 4.79 Å². The first-order valence-electron chi connectivity index (χ1n) is 5.42. The lowest BCUT2D eigenvalue weighted by Crippen LogP contribution is -2.26. The van der Waals surface area contributed by atoms with E-state index in [0.717, 1.165) is 25.9 Å². The maximum atomic E-state index is 11.7. The van der Waals surface area contributed by atoms with Gasteiger partial charge in [0, 0.05) is 19.3 Å². The summed E-state index contributed by atoms with van der Waals surface area (Å²) in [5.41, 5.74) is 6.93. The van der Waals surface area contributed by atoms with Gasteiger partial charge in [-0.2, -0.15) is 0 Å². The van der Waals surface area contributed by atoms with Crippen molar-refractivity contribution in [3.05, 3.63) is 18.0 Å². The summed E-state index contributed by atoms with van der Waals surface area (Å²) < 4.78 is 1.86. The van der Waals surface area contributed by atoms with Crippen LogP contribution in [0, 0.1) is 0 Å². The number of aryl methyl sites for hydroxylation is 1. The van der Waals surface area contributed by atoms with Crippen molar-refractivity contribution in [1.82, 2.24) is 9.88 Å². The number of carbonyl (C=O) groups is 1. The maximum absolute atomic E-state index is 11.7. The predicted molar refractivity (Wildman–Crippen MR) is 61.8 cm³/mol. The number of aromatic nitrogens is 1. The van der Waals surface area contributed by atoms with Gasteiger partial charge in [-0.05, 0) is 19.4 Å². The second-order valence-electron chi connectivity index (χ2n) is 3.55. The molecule has 15 heavy (non-hydrogen) atoms. The molecule has 0 aliphatic heterocycles. The number of nitrogen functional groups attached to an aromatic ring is 1. The van der Waals surface area contributed by atoms with Gasteiger partial charge < -0.3 is 15.6 Å². The van der Waals surface area contributed by atoms with E-state index in [1.54, 1.807) is 12.3 Å². The Kier molecular flexibility index (Phi) is 4.21. The Hall–Kier alpha value is -1.45. The molecular formula is C11H19N3O. The average Bonchev–Trinajstić information content (AvgIpc) is 2.60. The molecular weight excluding hydrogens is 190 g/mol. The number of amides is 1. The molecule has 0 bridgehead atoms. The summed E-state index contributed by atoms with van der Waals surface area (Å²) in [5, 5.41) is 2.87. The molecule has 4 heteroatoms. The van der Waals surface area contributed by atoms with Crippen LogP contribution in [0.25, 0.3) is 0 Å². The molecule has 0 fully saturated rings. The molecule has 0 saturated carbocycles. The normalized spacial score (nSPS) is 10.3. The van der Waals surface area contributed by atoms with Crippen molar-refractivity contribution in [3.63, 3.8) is 0 Å². The maximum Gasteiger partial charge on any atom is 0.267 e. The van der Waals surface area contributed by atoms with Gasteiger partial charge in [0.2, 0.25) is 0 Å². The van der Waals surface area contributed by atoms with Gasteiger partial charge in [0.1, 0.15) is 5.69 Å². The third kappa shape index (κ3) is 3.01. The van der Waals surface area contributed by atoms with Crippen LogP contribution in [0.4, 0.5) is 5.69 Å². The zero-order chi connectivity index (χ0) is 11.3. The Labute approximate surface area is 90.5 Å². The van der Waals surface area contributed by atoms with E-state index in [2.05, 4.69) is 12.2 Å². The van der Waals surface area contributed by atoms with Crippen molar-refractivity contribution in [2.75, 3.05) is 12.3 Å². The van der Waals surface area contributed by atoms with Gasteiger partial charge >= 0.3 is 0 Å². The molecule has 0 spiro atoms. The van der Waals surface area contributed by atoms with Gasteiger partial charge in [0.05, 0.1) is 5.69 Å². The van der Waals surface area contributed by atoms with Crippen LogP contribution in [-0.2, 0) is 6.54 Å². The summed E-state index contributed by atoms with van der Waals surface area (Å²) >= 11 is 0. The highest BCUT2D eigenvalue weighted by molar-refractivity contribution is 5.93. The number of rotatable bonds is 5. The highest BCUT2D eigenvalue weighted by atomic mass is 16.1. The first kappa shape index (κ1) is 11.6. The summed E-state index contributed by atoms with van der Waals surface area (Å²) in [6.45, 7) is 5.57. The van der Waals surface area contributed by atoms with Crippen LogP contribution in [0.15, 0.2) is 12.3 Å². The van der Waals surface area contributed by atoms with E-state index < -0.39 is 0 Å². The lowest BCUT2D eigenvalue weighted by molar-refractivity contribution is 0.0944. The highest BCUT2D eigenvalue weighted by Gasteiger charge is 2.10.